The Kier molecular flexibility index (Phi) is 0.866. The number of ether oxygens (including phenoxy) is 1. The first-order valence-electron chi connectivity index (χ1n) is 3.20. The quantitative estimate of drug-likeness (QED) is 0.459. The van der Waals surface area contributed by atoms with Crippen molar-refractivity contribution in [3.63, 3.8) is 0 Å². The predicted molar refractivity (Wildman–Crippen MR) is 28.5 cm³/mol. The Bertz CT molecular complexity index is 103. The topological polar surface area (TPSA) is 32.8 Å². The zero-order valence-corrected chi connectivity index (χ0v) is 4.71. The summed E-state index contributed by atoms with van der Waals surface area (Å²) in [6.45, 7) is 0. The van der Waals surface area contributed by atoms with Gasteiger partial charge in [-0.25, -0.2) is 0 Å². The van der Waals surface area contributed by atoms with E-state index in [1.807, 2.05) is 0 Å². The molecule has 0 aromatic carbocycles. The van der Waals surface area contributed by atoms with E-state index in [-0.39, 0.29) is 6.10 Å². The highest BCUT2D eigenvalue weighted by Crippen LogP contribution is 2.36. The Morgan fingerprint density at radius 2 is 2.12 bits per heavy atom. The maximum Gasteiger partial charge on any atom is 0.0866 e. The summed E-state index contributed by atoms with van der Waals surface area (Å²) >= 11 is 0. The first kappa shape index (κ1) is 4.77. The second-order valence-electron chi connectivity index (χ2n) is 2.68. The molecule has 8 heavy (non-hydrogen) atoms. The van der Waals surface area contributed by atoms with E-state index in [4.69, 9.17) is 9.84 Å². The third kappa shape index (κ3) is 0.644. The van der Waals surface area contributed by atoms with Gasteiger partial charge in [0.15, 0.2) is 0 Å². The van der Waals surface area contributed by atoms with Crippen LogP contribution in [0, 0.1) is 0 Å². The smallest absolute Gasteiger partial charge is 0.0866 e. The van der Waals surface area contributed by atoms with Crippen LogP contribution in [-0.4, -0.2) is 23.4 Å². The standard InChI is InChI=1S/C6H10O2/c7-4-1-2-5-6(3-4)8-5/h4-7H,1-3H2/t4-,5-,6+/m0/s1. The molecule has 1 heterocycles. The predicted octanol–water partition coefficient (Wildman–Crippen LogP) is 0.299. The van der Waals surface area contributed by atoms with Gasteiger partial charge in [-0.15, -0.1) is 0 Å². The highest BCUT2D eigenvalue weighted by Gasteiger charge is 2.43. The van der Waals surface area contributed by atoms with Gasteiger partial charge in [0.05, 0.1) is 18.3 Å². The Morgan fingerprint density at radius 3 is 2.75 bits per heavy atom. The molecule has 1 aliphatic heterocycles. The molecule has 1 saturated heterocycles. The average Bonchev–Trinajstić information content (AvgIpc) is 2.43. The van der Waals surface area contributed by atoms with Gasteiger partial charge in [-0.2, -0.15) is 0 Å². The molecule has 0 amide bonds. The molecule has 2 rings (SSSR count). The van der Waals surface area contributed by atoms with Gasteiger partial charge in [-0.05, 0) is 12.8 Å². The van der Waals surface area contributed by atoms with Crippen LogP contribution in [0.5, 0.6) is 0 Å². The molecule has 1 aliphatic carbocycles. The number of hydrogen-bond donors (Lipinski definition) is 1. The number of fused-ring (bicyclic) bond motifs is 1. The van der Waals surface area contributed by atoms with Crippen LogP contribution in [0.15, 0.2) is 0 Å². The lowest BCUT2D eigenvalue weighted by molar-refractivity contribution is 0.139. The molecular weight excluding hydrogens is 104 g/mol. The van der Waals surface area contributed by atoms with Crippen LogP contribution in [0.3, 0.4) is 0 Å². The lowest BCUT2D eigenvalue weighted by Crippen LogP contribution is -2.17. The third-order valence-corrected chi connectivity index (χ3v) is 1.98. The largest absolute Gasteiger partial charge is 0.393 e. The van der Waals surface area contributed by atoms with E-state index in [0.717, 1.165) is 19.3 Å². The normalized spacial score (nSPS) is 52.9. The van der Waals surface area contributed by atoms with Crippen LogP contribution in [0.4, 0.5) is 0 Å². The number of hydrogen-bond acceptors (Lipinski definition) is 2. The van der Waals surface area contributed by atoms with Crippen molar-refractivity contribution in [3.05, 3.63) is 0 Å². The fourth-order valence-corrected chi connectivity index (χ4v) is 1.38. The van der Waals surface area contributed by atoms with Gasteiger partial charge in [-0.3, -0.25) is 0 Å². The van der Waals surface area contributed by atoms with E-state index in [1.54, 1.807) is 0 Å². The van der Waals surface area contributed by atoms with Crippen LogP contribution < -0.4 is 0 Å². The van der Waals surface area contributed by atoms with Gasteiger partial charge < -0.3 is 9.84 Å². The highest BCUT2D eigenvalue weighted by atomic mass is 16.6. The maximum atomic E-state index is 9.03. The Hall–Kier alpha value is -0.0800. The molecule has 2 nitrogen and oxygen atoms in total. The second kappa shape index (κ2) is 1.45. The molecule has 3 atom stereocenters. The van der Waals surface area contributed by atoms with E-state index in [2.05, 4.69) is 0 Å². The van der Waals surface area contributed by atoms with Crippen LogP contribution in [0.2, 0.25) is 0 Å². The minimum Gasteiger partial charge on any atom is -0.393 e. The van der Waals surface area contributed by atoms with Crippen LogP contribution in [0.25, 0.3) is 0 Å². The molecule has 0 aromatic heterocycles. The van der Waals surface area contributed by atoms with Gasteiger partial charge in [0, 0.05) is 6.42 Å². The first-order chi connectivity index (χ1) is 3.86. The molecule has 2 aliphatic rings. The van der Waals surface area contributed by atoms with Crippen molar-refractivity contribution in [2.45, 2.75) is 37.6 Å². The van der Waals surface area contributed by atoms with Crippen molar-refractivity contribution >= 4 is 0 Å². The van der Waals surface area contributed by atoms with Crippen molar-refractivity contribution in [3.8, 4) is 0 Å². The van der Waals surface area contributed by atoms with E-state index in [9.17, 15) is 0 Å². The molecule has 2 fully saturated rings. The molecule has 46 valence electrons. The summed E-state index contributed by atoms with van der Waals surface area (Å²) in [5.41, 5.74) is 0. The molecule has 0 radical (unpaired) electrons. The molecule has 0 spiro atoms. The van der Waals surface area contributed by atoms with Crippen LogP contribution in [0.1, 0.15) is 19.3 Å². The Labute approximate surface area is 48.5 Å². The molecule has 0 aromatic rings. The van der Waals surface area contributed by atoms with Gasteiger partial charge in [-0.1, -0.05) is 0 Å². The van der Waals surface area contributed by atoms with Gasteiger partial charge >= 0.3 is 0 Å². The summed E-state index contributed by atoms with van der Waals surface area (Å²) in [5.74, 6) is 0. The van der Waals surface area contributed by atoms with Crippen molar-refractivity contribution in [2.24, 2.45) is 0 Å². The van der Waals surface area contributed by atoms with Crippen molar-refractivity contribution in [1.29, 1.82) is 0 Å². The fourth-order valence-electron chi connectivity index (χ4n) is 1.38. The molecule has 0 bridgehead atoms. The van der Waals surface area contributed by atoms with Gasteiger partial charge in [0.25, 0.3) is 0 Å². The monoisotopic (exact) mass is 114 g/mol. The van der Waals surface area contributed by atoms with Crippen LogP contribution >= 0.6 is 0 Å². The lowest BCUT2D eigenvalue weighted by Gasteiger charge is -2.10. The molecular formula is C6H10O2. The lowest BCUT2D eigenvalue weighted by atomic mass is 9.98. The molecule has 1 N–H and O–H groups in total. The second-order valence-corrected chi connectivity index (χ2v) is 2.68. The summed E-state index contributed by atoms with van der Waals surface area (Å²) in [6.07, 6.45) is 3.79. The number of aliphatic hydroxyl groups excluding tert-OH is 1. The van der Waals surface area contributed by atoms with E-state index < -0.39 is 0 Å². The summed E-state index contributed by atoms with van der Waals surface area (Å²) in [5, 5.41) is 9.03. The summed E-state index contributed by atoms with van der Waals surface area (Å²) in [4.78, 5) is 0. The van der Waals surface area contributed by atoms with Gasteiger partial charge in [0.1, 0.15) is 0 Å². The van der Waals surface area contributed by atoms with Crippen molar-refractivity contribution in [2.75, 3.05) is 0 Å². The average molecular weight is 114 g/mol. The SMILES string of the molecule is O[C@H]1CC[C@@H]2O[C@@H]2C1. The zero-order chi connectivity index (χ0) is 5.56. The first-order valence-corrected chi connectivity index (χ1v) is 3.20. The van der Waals surface area contributed by atoms with Gasteiger partial charge in [0.2, 0.25) is 0 Å². The maximum absolute atomic E-state index is 9.03. The van der Waals surface area contributed by atoms with E-state index in [1.165, 1.54) is 0 Å². The van der Waals surface area contributed by atoms with Crippen LogP contribution in [-0.2, 0) is 4.74 Å². The minimum atomic E-state index is -0.0706. The van der Waals surface area contributed by atoms with E-state index >= 15 is 0 Å². The Balaban J connectivity index is 1.93. The minimum absolute atomic E-state index is 0.0706. The fraction of sp³-hybridized carbons (Fsp3) is 1.00. The third-order valence-electron chi connectivity index (χ3n) is 1.98. The summed E-state index contributed by atoms with van der Waals surface area (Å²) < 4.78 is 5.19. The summed E-state index contributed by atoms with van der Waals surface area (Å²) in [6, 6.07) is 0. The molecule has 2 heteroatoms. The summed E-state index contributed by atoms with van der Waals surface area (Å²) in [7, 11) is 0. The van der Waals surface area contributed by atoms with Crippen molar-refractivity contribution in [1.82, 2.24) is 0 Å². The highest BCUT2D eigenvalue weighted by molar-refractivity contribution is 4.91. The van der Waals surface area contributed by atoms with Crippen molar-refractivity contribution < 1.29 is 9.84 Å². The number of rotatable bonds is 0. The molecule has 1 saturated carbocycles. The Morgan fingerprint density at radius 1 is 1.25 bits per heavy atom. The number of aliphatic hydroxyl groups is 1. The number of epoxide rings is 1. The zero-order valence-electron chi connectivity index (χ0n) is 4.71. The van der Waals surface area contributed by atoms with E-state index in [0.29, 0.717) is 12.2 Å². The molecule has 0 unspecified atom stereocenters.